The van der Waals surface area contributed by atoms with Crippen LogP contribution in [0.15, 0.2) is 36.4 Å². The van der Waals surface area contributed by atoms with E-state index in [9.17, 15) is 35.1 Å². The van der Waals surface area contributed by atoms with Gasteiger partial charge in [-0.2, -0.15) is 35.1 Å². The highest BCUT2D eigenvalue weighted by Gasteiger charge is 2.25. The molecule has 0 aliphatic heterocycles. The Kier molecular flexibility index (Phi) is 18.9. The molecule has 3 rings (SSSR count). The lowest BCUT2D eigenvalue weighted by Gasteiger charge is -2.16. The summed E-state index contributed by atoms with van der Waals surface area (Å²) in [5.41, 5.74) is 1.84. The van der Waals surface area contributed by atoms with Crippen LogP contribution < -0.4 is 5.32 Å². The van der Waals surface area contributed by atoms with Gasteiger partial charge in [0.05, 0.1) is 20.9 Å². The summed E-state index contributed by atoms with van der Waals surface area (Å²) in [6, 6.07) is 11.5. The van der Waals surface area contributed by atoms with Crippen molar-refractivity contribution in [2.75, 3.05) is 29.7 Å². The van der Waals surface area contributed by atoms with Crippen molar-refractivity contribution >= 4 is 61.3 Å². The standard InChI is InChI=1S/C17H22F4N2OSi.C15H19FN2OSi.C2H2F3I/c1-25(2,3)10-9-24-12-23-15-7-6-13(11-14(15)16(18)22)5-4-8-17(19,20)21;1-5-12-6-7-14-13(10-12)15(16)17-18(14)11-19-8-9-20(2,3)4;3-2(4,5)1-6/h6-7,11,22-23H,8-10,12H2,1-3H3;1,6-7,10H,8-9,11H2,2-4H3;1H2. The van der Waals surface area contributed by atoms with Crippen LogP contribution in [0.3, 0.4) is 0 Å². The molecule has 1 aromatic heterocycles. The van der Waals surface area contributed by atoms with E-state index in [0.717, 1.165) is 12.1 Å². The lowest BCUT2D eigenvalue weighted by Crippen LogP contribution is -2.22. The van der Waals surface area contributed by atoms with E-state index in [-0.39, 0.29) is 24.6 Å². The Hall–Kier alpha value is -2.98. The first-order valence-corrected chi connectivity index (χ1v) is 24.5. The number of alkyl halides is 7. The van der Waals surface area contributed by atoms with Crippen molar-refractivity contribution in [3.63, 3.8) is 0 Å². The number of ether oxygens (including phenoxy) is 2. The lowest BCUT2D eigenvalue weighted by molar-refractivity contribution is -0.123. The van der Waals surface area contributed by atoms with Gasteiger partial charge in [0.15, 0.2) is 0 Å². The number of nitrogens with one attached hydrogen (secondary N) is 2. The molecule has 2 N–H and O–H groups in total. The SMILES string of the molecule is C#Cc1ccc2c(c1)c(F)nn2COCC[Si](C)(C)C.C[Si](C)(C)CCOCNc1ccc(C#CCC(F)(F)F)cc1C(=N)F.FC(F)(F)CI. The summed E-state index contributed by atoms with van der Waals surface area (Å²) in [5.74, 6) is 5.12. The average molecular weight is 875 g/mol. The van der Waals surface area contributed by atoms with Crippen molar-refractivity contribution in [1.29, 1.82) is 5.41 Å². The molecular weight excluding hydrogens is 831 g/mol. The van der Waals surface area contributed by atoms with E-state index in [1.807, 2.05) is 5.92 Å². The van der Waals surface area contributed by atoms with Gasteiger partial charge in [0, 0.05) is 46.2 Å². The van der Waals surface area contributed by atoms with Crippen LogP contribution in [-0.4, -0.2) is 68.6 Å². The number of rotatable bonds is 12. The number of hydrogen-bond donors (Lipinski definition) is 2. The molecule has 1 heterocycles. The number of terminal acetylenes is 1. The molecule has 0 spiro atoms. The number of halogens is 9. The Morgan fingerprint density at radius 2 is 1.49 bits per heavy atom. The van der Waals surface area contributed by atoms with E-state index in [1.165, 1.54) is 45.5 Å². The van der Waals surface area contributed by atoms with Crippen LogP contribution in [-0.2, 0) is 16.2 Å². The number of nitrogens with zero attached hydrogens (tertiary/aromatic N) is 2. The maximum absolute atomic E-state index is 13.8. The molecule has 3 aromatic rings. The third kappa shape index (κ3) is 20.6. The molecule has 0 atom stereocenters. The van der Waals surface area contributed by atoms with E-state index in [2.05, 4.69) is 61.5 Å². The fourth-order valence-electron chi connectivity index (χ4n) is 3.64. The lowest BCUT2D eigenvalue weighted by atomic mass is 10.1. The van der Waals surface area contributed by atoms with Gasteiger partial charge in [-0.1, -0.05) is 79.6 Å². The third-order valence-corrected chi connectivity index (χ3v) is 10.6. The molecule has 0 aliphatic carbocycles. The Labute approximate surface area is 309 Å². The molecule has 282 valence electrons. The molecule has 51 heavy (non-hydrogen) atoms. The summed E-state index contributed by atoms with van der Waals surface area (Å²) in [4.78, 5) is 0. The number of anilines is 1. The minimum atomic E-state index is -4.36. The molecular formula is C34H43F8IN4O2Si2. The molecule has 0 saturated carbocycles. The predicted octanol–water partition coefficient (Wildman–Crippen LogP) is 10.5. The van der Waals surface area contributed by atoms with Gasteiger partial charge < -0.3 is 14.8 Å². The predicted molar refractivity (Wildman–Crippen MR) is 201 cm³/mol. The van der Waals surface area contributed by atoms with E-state index < -0.39 is 51.3 Å². The second kappa shape index (κ2) is 20.9. The monoisotopic (exact) mass is 874 g/mol. The van der Waals surface area contributed by atoms with Crippen molar-refractivity contribution in [2.45, 2.75) is 76.9 Å². The number of hydrogen-bond acceptors (Lipinski definition) is 5. The molecule has 17 heteroatoms. The summed E-state index contributed by atoms with van der Waals surface area (Å²) >= 11 is 1.27. The first-order chi connectivity index (χ1) is 23.4. The van der Waals surface area contributed by atoms with Gasteiger partial charge in [0.2, 0.25) is 11.9 Å². The molecule has 0 bridgehead atoms. The van der Waals surface area contributed by atoms with E-state index in [4.69, 9.17) is 21.3 Å². The molecule has 0 amide bonds. The minimum Gasteiger partial charge on any atom is -0.362 e. The molecule has 0 radical (unpaired) electrons. The fourth-order valence-corrected chi connectivity index (χ4v) is 5.15. The summed E-state index contributed by atoms with van der Waals surface area (Å²) in [5, 5.41) is 14.4. The van der Waals surface area contributed by atoms with Crippen LogP contribution in [0.2, 0.25) is 51.4 Å². The Morgan fingerprint density at radius 3 is 2.00 bits per heavy atom. The zero-order chi connectivity index (χ0) is 39.0. The van der Waals surface area contributed by atoms with Crippen LogP contribution in [0.25, 0.3) is 10.9 Å². The van der Waals surface area contributed by atoms with Crippen LogP contribution in [0.1, 0.15) is 23.1 Å². The molecule has 0 aliphatic rings. The average Bonchev–Trinajstić information content (AvgIpc) is 3.32. The molecule has 0 unspecified atom stereocenters. The van der Waals surface area contributed by atoms with Crippen LogP contribution in [0.5, 0.6) is 0 Å². The highest BCUT2D eigenvalue weighted by atomic mass is 127. The minimum absolute atomic E-state index is 0.0624. The first-order valence-electron chi connectivity index (χ1n) is 15.5. The second-order valence-corrected chi connectivity index (χ2v) is 25.5. The van der Waals surface area contributed by atoms with Gasteiger partial charge >= 0.3 is 12.4 Å². The van der Waals surface area contributed by atoms with Gasteiger partial charge in [-0.15, -0.1) is 11.5 Å². The van der Waals surface area contributed by atoms with Crippen LogP contribution in [0.4, 0.5) is 40.8 Å². The van der Waals surface area contributed by atoms with E-state index in [1.54, 1.807) is 18.2 Å². The second-order valence-electron chi connectivity index (χ2n) is 13.5. The number of aromatic nitrogens is 2. The van der Waals surface area contributed by atoms with Gasteiger partial charge in [-0.3, -0.25) is 5.41 Å². The smallest absolute Gasteiger partial charge is 0.362 e. The van der Waals surface area contributed by atoms with E-state index in [0.29, 0.717) is 35.4 Å². The summed E-state index contributed by atoms with van der Waals surface area (Å²) in [6.07, 6.45) is -4.25. The Morgan fingerprint density at radius 1 is 0.922 bits per heavy atom. The first kappa shape index (κ1) is 46.0. The van der Waals surface area contributed by atoms with Crippen molar-refractivity contribution < 1.29 is 44.6 Å². The van der Waals surface area contributed by atoms with Crippen molar-refractivity contribution in [3.8, 4) is 24.2 Å². The normalized spacial score (nSPS) is 11.7. The van der Waals surface area contributed by atoms with Crippen molar-refractivity contribution in [2.24, 2.45) is 0 Å². The highest BCUT2D eigenvalue weighted by molar-refractivity contribution is 14.1. The third-order valence-electron chi connectivity index (χ3n) is 6.37. The summed E-state index contributed by atoms with van der Waals surface area (Å²) in [6.45, 7) is 15.3. The van der Waals surface area contributed by atoms with Gasteiger partial charge in [0.1, 0.15) is 19.9 Å². The topological polar surface area (TPSA) is 72.2 Å². The van der Waals surface area contributed by atoms with Gasteiger partial charge in [-0.05, 0) is 48.5 Å². The maximum atomic E-state index is 13.8. The highest BCUT2D eigenvalue weighted by Crippen LogP contribution is 2.22. The molecule has 2 aromatic carbocycles. The fraction of sp³-hybridized carbons (Fsp3) is 0.471. The Bertz CT molecular complexity index is 1670. The van der Waals surface area contributed by atoms with Gasteiger partial charge in [-0.25, -0.2) is 4.68 Å². The van der Waals surface area contributed by atoms with Crippen molar-refractivity contribution in [1.82, 2.24) is 9.78 Å². The van der Waals surface area contributed by atoms with Crippen molar-refractivity contribution in [3.05, 3.63) is 59.0 Å². The van der Waals surface area contributed by atoms with Gasteiger partial charge in [0.25, 0.3) is 0 Å². The summed E-state index contributed by atoms with van der Waals surface area (Å²) < 4.78 is 108. The molecule has 6 nitrogen and oxygen atoms in total. The molecule has 0 saturated heterocycles. The maximum Gasteiger partial charge on any atom is 0.399 e. The summed E-state index contributed by atoms with van der Waals surface area (Å²) in [7, 11) is -2.30. The Balaban J connectivity index is 0.000000446. The largest absolute Gasteiger partial charge is 0.399 e. The van der Waals surface area contributed by atoms with E-state index >= 15 is 0 Å². The van der Waals surface area contributed by atoms with Crippen LogP contribution in [0, 0.1) is 35.5 Å². The number of benzene rings is 2. The zero-order valence-electron chi connectivity index (χ0n) is 29.3. The quantitative estimate of drug-likeness (QED) is 0.0278. The van der Waals surface area contributed by atoms with Crippen LogP contribution >= 0.6 is 22.6 Å². The zero-order valence-corrected chi connectivity index (χ0v) is 33.5. The molecule has 0 fully saturated rings. The number of fused-ring (bicyclic) bond motifs is 1.